The molecule has 5 atom stereocenters. The molecule has 1 aliphatic heterocycles. The third kappa shape index (κ3) is 4.43. The zero-order valence-corrected chi connectivity index (χ0v) is 18.3. The van der Waals surface area contributed by atoms with Gasteiger partial charge in [0.05, 0.1) is 19.4 Å². The Labute approximate surface area is 190 Å². The molecule has 1 aromatic carbocycles. The molecule has 2 aromatic rings. The summed E-state index contributed by atoms with van der Waals surface area (Å²) in [7, 11) is 1.02. The number of hydrogen-bond donors (Lipinski definition) is 2. The lowest BCUT2D eigenvalue weighted by atomic mass is 9.77. The van der Waals surface area contributed by atoms with Crippen LogP contribution in [0.15, 0.2) is 30.5 Å². The van der Waals surface area contributed by atoms with Gasteiger partial charge in [0, 0.05) is 29.3 Å². The number of carbonyl (C=O) groups excluding carboxylic acids is 1. The highest BCUT2D eigenvalue weighted by Crippen LogP contribution is 2.55. The molecule has 186 valence electrons. The van der Waals surface area contributed by atoms with Gasteiger partial charge in [-0.25, -0.2) is 8.78 Å². The van der Waals surface area contributed by atoms with E-state index in [1.807, 2.05) is 0 Å². The number of aliphatic hydroxyl groups excluding tert-OH is 1. The quantitative estimate of drug-likeness (QED) is 0.583. The smallest absolute Gasteiger partial charge is 0.417 e. The summed E-state index contributed by atoms with van der Waals surface area (Å²) in [5, 5.41) is 11.3. The molecule has 1 fully saturated rings. The van der Waals surface area contributed by atoms with E-state index in [1.54, 1.807) is 0 Å². The normalized spacial score (nSPS) is 25.8. The Bertz CT molecular complexity index is 1070. The molecule has 0 saturated carbocycles. The van der Waals surface area contributed by atoms with E-state index in [2.05, 4.69) is 10.3 Å². The van der Waals surface area contributed by atoms with E-state index in [-0.39, 0.29) is 16.9 Å². The largest absolute Gasteiger partial charge is 0.493 e. The first-order chi connectivity index (χ1) is 15.9. The SMILES string of the molecule is COc1c([C@H]2[C@H](C(=O)Nc3ccnc(C(F)CO)c3)O[C@@](C)(C(F)(F)F)[C@H]2C)ccc(F)c1F. The number of nitrogens with zero attached hydrogens (tertiary/aromatic N) is 1. The number of rotatable bonds is 6. The van der Waals surface area contributed by atoms with Crippen molar-refractivity contribution in [3.8, 4) is 5.75 Å². The molecule has 2 heterocycles. The van der Waals surface area contributed by atoms with E-state index < -0.39 is 65.8 Å². The number of halogens is 6. The van der Waals surface area contributed by atoms with Gasteiger partial charge in [-0.3, -0.25) is 9.78 Å². The van der Waals surface area contributed by atoms with Crippen molar-refractivity contribution in [3.63, 3.8) is 0 Å². The molecule has 1 saturated heterocycles. The molecule has 1 aliphatic rings. The Morgan fingerprint density at radius 1 is 1.32 bits per heavy atom. The Hall–Kier alpha value is -2.86. The van der Waals surface area contributed by atoms with Crippen LogP contribution in [0.3, 0.4) is 0 Å². The number of nitrogens with one attached hydrogen (secondary N) is 1. The lowest BCUT2D eigenvalue weighted by Crippen LogP contribution is -2.47. The van der Waals surface area contributed by atoms with Gasteiger partial charge in [0.25, 0.3) is 5.91 Å². The van der Waals surface area contributed by atoms with Gasteiger partial charge in [0.15, 0.2) is 23.3 Å². The summed E-state index contributed by atoms with van der Waals surface area (Å²) >= 11 is 0. The standard InChI is InChI=1S/C22H22F6N2O4/c1-10-16(12-4-5-13(23)17(25)18(12)33-3)19(34-21(10,2)22(26,27)28)20(32)30-11-6-7-29-15(8-11)14(24)9-31/h4-8,10,14,16,19,31H,9H2,1-3H3,(H,29,30,32)/t10-,14?,16-,19+,21+/m0/s1. The molecule has 2 N–H and O–H groups in total. The van der Waals surface area contributed by atoms with Crippen molar-refractivity contribution in [1.82, 2.24) is 4.98 Å². The minimum atomic E-state index is -4.90. The topological polar surface area (TPSA) is 80.7 Å². The zero-order chi connectivity index (χ0) is 25.4. The van der Waals surface area contributed by atoms with Crippen molar-refractivity contribution in [2.75, 3.05) is 19.0 Å². The summed E-state index contributed by atoms with van der Waals surface area (Å²) in [6.45, 7) is 1.09. The molecule has 0 aliphatic carbocycles. The van der Waals surface area contributed by atoms with Gasteiger partial charge >= 0.3 is 6.18 Å². The number of hydrogen-bond acceptors (Lipinski definition) is 5. The fraction of sp³-hybridized carbons (Fsp3) is 0.455. The van der Waals surface area contributed by atoms with E-state index in [1.165, 1.54) is 13.0 Å². The molecule has 0 spiro atoms. The Balaban J connectivity index is 2.05. The van der Waals surface area contributed by atoms with Crippen LogP contribution in [-0.4, -0.2) is 47.6 Å². The molecular formula is C22H22F6N2O4. The number of alkyl halides is 4. The lowest BCUT2D eigenvalue weighted by Gasteiger charge is -2.32. The van der Waals surface area contributed by atoms with Crippen molar-refractivity contribution in [1.29, 1.82) is 0 Å². The van der Waals surface area contributed by atoms with Gasteiger partial charge < -0.3 is 19.9 Å². The van der Waals surface area contributed by atoms with Crippen LogP contribution in [0.5, 0.6) is 5.75 Å². The Kier molecular flexibility index (Phi) is 7.13. The van der Waals surface area contributed by atoms with Gasteiger partial charge in [0.1, 0.15) is 6.10 Å². The summed E-state index contributed by atoms with van der Waals surface area (Å²) in [5.74, 6) is -7.17. The van der Waals surface area contributed by atoms with Crippen LogP contribution in [0, 0.1) is 17.6 Å². The van der Waals surface area contributed by atoms with Crippen molar-refractivity contribution >= 4 is 11.6 Å². The number of carbonyl (C=O) groups is 1. The predicted molar refractivity (Wildman–Crippen MR) is 108 cm³/mol. The maximum atomic E-state index is 14.4. The first kappa shape index (κ1) is 25.8. The minimum Gasteiger partial charge on any atom is -0.493 e. The first-order valence-electron chi connectivity index (χ1n) is 10.1. The maximum Gasteiger partial charge on any atom is 0.417 e. The van der Waals surface area contributed by atoms with Crippen molar-refractivity contribution in [3.05, 3.63) is 53.4 Å². The highest BCUT2D eigenvalue weighted by atomic mass is 19.4. The van der Waals surface area contributed by atoms with E-state index in [4.69, 9.17) is 14.6 Å². The Morgan fingerprint density at radius 2 is 2.00 bits per heavy atom. The molecule has 1 aromatic heterocycles. The third-order valence-corrected chi connectivity index (χ3v) is 6.10. The van der Waals surface area contributed by atoms with Gasteiger partial charge in [-0.2, -0.15) is 17.6 Å². The number of ether oxygens (including phenoxy) is 2. The number of anilines is 1. The van der Waals surface area contributed by atoms with E-state index in [0.717, 1.165) is 38.4 Å². The number of amides is 1. The van der Waals surface area contributed by atoms with Gasteiger partial charge in [-0.05, 0) is 25.1 Å². The molecule has 1 amide bonds. The molecule has 6 nitrogen and oxygen atoms in total. The van der Waals surface area contributed by atoms with Crippen LogP contribution >= 0.6 is 0 Å². The van der Waals surface area contributed by atoms with Crippen LogP contribution in [0.1, 0.15) is 37.2 Å². The number of aromatic nitrogens is 1. The fourth-order valence-corrected chi connectivity index (χ4v) is 4.04. The second kappa shape index (κ2) is 9.41. The summed E-state index contributed by atoms with van der Waals surface area (Å²) in [6, 6.07) is 4.14. The third-order valence-electron chi connectivity index (χ3n) is 6.10. The average molecular weight is 492 g/mol. The van der Waals surface area contributed by atoms with Crippen LogP contribution in [-0.2, 0) is 9.53 Å². The average Bonchev–Trinajstić information content (AvgIpc) is 3.07. The summed E-state index contributed by atoms with van der Waals surface area (Å²) in [6.07, 6.45) is -7.40. The summed E-state index contributed by atoms with van der Waals surface area (Å²) < 4.78 is 93.9. The fourth-order valence-electron chi connectivity index (χ4n) is 4.04. The highest BCUT2D eigenvalue weighted by Gasteiger charge is 2.65. The Morgan fingerprint density at radius 3 is 2.59 bits per heavy atom. The molecule has 12 heteroatoms. The monoisotopic (exact) mass is 492 g/mol. The highest BCUT2D eigenvalue weighted by molar-refractivity contribution is 5.95. The number of pyridine rings is 1. The van der Waals surface area contributed by atoms with E-state index >= 15 is 0 Å². The number of benzene rings is 1. The van der Waals surface area contributed by atoms with Crippen molar-refractivity contribution in [2.45, 2.75) is 43.8 Å². The second-order valence-corrected chi connectivity index (χ2v) is 8.05. The molecular weight excluding hydrogens is 470 g/mol. The van der Waals surface area contributed by atoms with Gasteiger partial charge in [-0.1, -0.05) is 13.0 Å². The van der Waals surface area contributed by atoms with Crippen LogP contribution in [0.25, 0.3) is 0 Å². The maximum absolute atomic E-state index is 14.4. The molecule has 3 rings (SSSR count). The second-order valence-electron chi connectivity index (χ2n) is 8.05. The number of aliphatic hydroxyl groups is 1. The van der Waals surface area contributed by atoms with Gasteiger partial charge in [-0.15, -0.1) is 0 Å². The first-order valence-corrected chi connectivity index (χ1v) is 10.1. The molecule has 0 radical (unpaired) electrons. The van der Waals surface area contributed by atoms with E-state index in [0.29, 0.717) is 0 Å². The summed E-state index contributed by atoms with van der Waals surface area (Å²) in [4.78, 5) is 16.8. The van der Waals surface area contributed by atoms with Crippen LogP contribution < -0.4 is 10.1 Å². The lowest BCUT2D eigenvalue weighted by molar-refractivity contribution is -0.272. The van der Waals surface area contributed by atoms with Crippen molar-refractivity contribution in [2.24, 2.45) is 5.92 Å². The molecule has 34 heavy (non-hydrogen) atoms. The van der Waals surface area contributed by atoms with E-state index in [9.17, 15) is 31.1 Å². The molecule has 1 unspecified atom stereocenters. The minimum absolute atomic E-state index is 0.0148. The predicted octanol–water partition coefficient (Wildman–Crippen LogP) is 4.45. The van der Waals surface area contributed by atoms with Crippen LogP contribution in [0.4, 0.5) is 32.0 Å². The summed E-state index contributed by atoms with van der Waals surface area (Å²) in [5.41, 5.74) is -3.21. The zero-order valence-electron chi connectivity index (χ0n) is 18.3. The van der Waals surface area contributed by atoms with Crippen LogP contribution in [0.2, 0.25) is 0 Å². The van der Waals surface area contributed by atoms with Crippen molar-refractivity contribution < 1.29 is 45.7 Å². The number of methoxy groups -OCH3 is 1. The van der Waals surface area contributed by atoms with Gasteiger partial charge in [0.2, 0.25) is 5.82 Å². The molecule has 0 bridgehead atoms.